The number of hydrogen-bond donors (Lipinski definition) is 2. The molecule has 2 aliphatic rings. The van der Waals surface area contributed by atoms with Crippen molar-refractivity contribution in [2.24, 2.45) is 5.41 Å². The molecule has 0 radical (unpaired) electrons. The Morgan fingerprint density at radius 1 is 1.27 bits per heavy atom. The van der Waals surface area contributed by atoms with Gasteiger partial charge in [-0.05, 0) is 50.5 Å². The number of H-pyrrole nitrogens is 1. The molecule has 0 aromatic carbocycles. The summed E-state index contributed by atoms with van der Waals surface area (Å²) in [4.78, 5) is 28.4. The van der Waals surface area contributed by atoms with Crippen LogP contribution in [-0.2, 0) is 16.0 Å². The topological polar surface area (TPSA) is 89.5 Å². The van der Waals surface area contributed by atoms with Crippen molar-refractivity contribution < 1.29 is 14.7 Å². The molecule has 0 bridgehead atoms. The maximum absolute atomic E-state index is 12.6. The second-order valence-corrected chi connectivity index (χ2v) is 7.83. The normalized spacial score (nSPS) is 20.0. The van der Waals surface area contributed by atoms with Crippen LogP contribution in [0.5, 0.6) is 0 Å². The maximum atomic E-state index is 12.6. The molecule has 0 atom stereocenters. The van der Waals surface area contributed by atoms with E-state index in [1.807, 2.05) is 18.7 Å². The lowest BCUT2D eigenvalue weighted by atomic mass is 9.72. The third-order valence-electron chi connectivity index (χ3n) is 6.16. The molecule has 7 heteroatoms. The van der Waals surface area contributed by atoms with Gasteiger partial charge < -0.3 is 14.9 Å². The summed E-state index contributed by atoms with van der Waals surface area (Å²) in [6.45, 7) is 6.66. The highest BCUT2D eigenvalue weighted by Crippen LogP contribution is 2.40. The number of hydrogen-bond acceptors (Lipinski definition) is 4. The highest BCUT2D eigenvalue weighted by atomic mass is 16.3. The van der Waals surface area contributed by atoms with Crippen LogP contribution in [0.1, 0.15) is 49.1 Å². The van der Waals surface area contributed by atoms with E-state index in [4.69, 9.17) is 5.11 Å². The summed E-state index contributed by atoms with van der Waals surface area (Å²) in [5, 5.41) is 16.3. The number of aromatic amines is 1. The van der Waals surface area contributed by atoms with Crippen molar-refractivity contribution in [1.82, 2.24) is 20.0 Å². The SMILES string of the molecule is Cc1n[nH]c(C)c1CCC(=O)N1CCC2(CCC(=O)N(CCO)C2)CC1. The van der Waals surface area contributed by atoms with E-state index in [2.05, 4.69) is 10.2 Å². The van der Waals surface area contributed by atoms with Crippen molar-refractivity contribution in [2.45, 2.75) is 52.4 Å². The zero-order valence-electron chi connectivity index (χ0n) is 15.9. The van der Waals surface area contributed by atoms with Gasteiger partial charge >= 0.3 is 0 Å². The third-order valence-corrected chi connectivity index (χ3v) is 6.16. The second kappa shape index (κ2) is 7.78. The Morgan fingerprint density at radius 3 is 2.62 bits per heavy atom. The maximum Gasteiger partial charge on any atom is 0.222 e. The first-order chi connectivity index (χ1) is 12.4. The Kier molecular flexibility index (Phi) is 5.65. The van der Waals surface area contributed by atoms with Crippen molar-refractivity contribution in [2.75, 3.05) is 32.8 Å². The van der Waals surface area contributed by atoms with E-state index >= 15 is 0 Å². The smallest absolute Gasteiger partial charge is 0.222 e. The van der Waals surface area contributed by atoms with Gasteiger partial charge in [0.2, 0.25) is 11.8 Å². The minimum Gasteiger partial charge on any atom is -0.395 e. The number of aliphatic hydroxyl groups is 1. The molecule has 0 saturated carbocycles. The number of carbonyl (C=O) groups excluding carboxylic acids is 2. The number of rotatable bonds is 5. The highest BCUT2D eigenvalue weighted by Gasteiger charge is 2.41. The lowest BCUT2D eigenvalue weighted by molar-refractivity contribution is -0.143. The van der Waals surface area contributed by atoms with Crippen molar-refractivity contribution in [3.63, 3.8) is 0 Å². The molecule has 144 valence electrons. The molecule has 1 aromatic heterocycles. The van der Waals surface area contributed by atoms with Gasteiger partial charge in [0.1, 0.15) is 0 Å². The number of likely N-dealkylation sites (tertiary alicyclic amines) is 2. The van der Waals surface area contributed by atoms with Crippen LogP contribution in [0.25, 0.3) is 0 Å². The van der Waals surface area contributed by atoms with E-state index in [0.29, 0.717) is 19.4 Å². The first kappa shape index (κ1) is 18.9. The molecule has 3 heterocycles. The van der Waals surface area contributed by atoms with E-state index in [1.54, 1.807) is 4.90 Å². The monoisotopic (exact) mass is 362 g/mol. The number of nitrogens with one attached hydrogen (secondary N) is 1. The average Bonchev–Trinajstić information content (AvgIpc) is 2.95. The lowest BCUT2D eigenvalue weighted by Crippen LogP contribution is -2.52. The van der Waals surface area contributed by atoms with Crippen molar-refractivity contribution in [1.29, 1.82) is 0 Å². The Morgan fingerprint density at radius 2 is 2.00 bits per heavy atom. The summed E-state index contributed by atoms with van der Waals surface area (Å²) in [5.74, 6) is 0.355. The Hall–Kier alpha value is -1.89. The van der Waals surface area contributed by atoms with Gasteiger partial charge in [0.15, 0.2) is 0 Å². The largest absolute Gasteiger partial charge is 0.395 e. The molecule has 2 amide bonds. The van der Waals surface area contributed by atoms with Gasteiger partial charge in [0.05, 0.1) is 12.3 Å². The number of β-amino-alcohol motifs (C(OH)–C–C–N with tert-alkyl or cyclic N) is 1. The molecular formula is C19H30N4O3. The summed E-state index contributed by atoms with van der Waals surface area (Å²) in [6, 6.07) is 0. The van der Waals surface area contributed by atoms with Crippen LogP contribution in [0.15, 0.2) is 0 Å². The van der Waals surface area contributed by atoms with Gasteiger partial charge in [0.25, 0.3) is 0 Å². The van der Waals surface area contributed by atoms with Crippen molar-refractivity contribution >= 4 is 11.8 Å². The van der Waals surface area contributed by atoms with Gasteiger partial charge in [-0.1, -0.05) is 0 Å². The van der Waals surface area contributed by atoms with E-state index < -0.39 is 0 Å². The predicted molar refractivity (Wildman–Crippen MR) is 97.5 cm³/mol. The van der Waals surface area contributed by atoms with Crippen LogP contribution in [0.4, 0.5) is 0 Å². The number of aliphatic hydroxyl groups excluding tert-OH is 1. The van der Waals surface area contributed by atoms with E-state index in [0.717, 1.165) is 62.3 Å². The average molecular weight is 362 g/mol. The molecule has 26 heavy (non-hydrogen) atoms. The minimum absolute atomic E-state index is 0.0132. The van der Waals surface area contributed by atoms with Crippen molar-refractivity contribution in [3.05, 3.63) is 17.0 Å². The predicted octanol–water partition coefficient (Wildman–Crippen LogP) is 1.18. The zero-order valence-corrected chi connectivity index (χ0v) is 15.9. The van der Waals surface area contributed by atoms with Crippen LogP contribution in [0, 0.1) is 19.3 Å². The fourth-order valence-corrected chi connectivity index (χ4v) is 4.40. The third kappa shape index (κ3) is 3.92. The quantitative estimate of drug-likeness (QED) is 0.823. The fourth-order valence-electron chi connectivity index (χ4n) is 4.40. The number of piperidine rings is 2. The molecule has 3 rings (SSSR count). The van der Waals surface area contributed by atoms with Gasteiger partial charge in [-0.25, -0.2) is 0 Å². The van der Waals surface area contributed by atoms with Crippen LogP contribution in [0.3, 0.4) is 0 Å². The summed E-state index contributed by atoms with van der Waals surface area (Å²) < 4.78 is 0. The first-order valence-corrected chi connectivity index (χ1v) is 9.61. The van der Waals surface area contributed by atoms with E-state index in [1.165, 1.54) is 0 Å². The van der Waals surface area contributed by atoms with Crippen LogP contribution >= 0.6 is 0 Å². The van der Waals surface area contributed by atoms with Gasteiger partial charge in [0, 0.05) is 44.7 Å². The molecule has 7 nitrogen and oxygen atoms in total. The molecule has 2 N–H and O–H groups in total. The second-order valence-electron chi connectivity index (χ2n) is 7.83. The number of carbonyl (C=O) groups is 2. The van der Waals surface area contributed by atoms with Gasteiger partial charge in [-0.15, -0.1) is 0 Å². The minimum atomic E-state index is 0.0132. The molecule has 0 aliphatic carbocycles. The van der Waals surface area contributed by atoms with E-state index in [-0.39, 0.29) is 23.8 Å². The van der Waals surface area contributed by atoms with Crippen LogP contribution < -0.4 is 0 Å². The van der Waals surface area contributed by atoms with Crippen LogP contribution in [0.2, 0.25) is 0 Å². The Balaban J connectivity index is 1.51. The number of aryl methyl sites for hydroxylation is 2. The zero-order chi connectivity index (χ0) is 18.7. The molecular weight excluding hydrogens is 332 g/mol. The first-order valence-electron chi connectivity index (χ1n) is 9.61. The lowest BCUT2D eigenvalue weighted by Gasteiger charge is -2.47. The summed E-state index contributed by atoms with van der Waals surface area (Å²) in [5.41, 5.74) is 3.29. The number of amides is 2. The molecule has 2 saturated heterocycles. The number of nitrogens with zero attached hydrogens (tertiary/aromatic N) is 3. The molecule has 1 spiro atoms. The number of aromatic nitrogens is 2. The molecule has 2 aliphatic heterocycles. The summed E-state index contributed by atoms with van der Waals surface area (Å²) in [6.07, 6.45) is 4.60. The standard InChI is InChI=1S/C19H30N4O3/c1-14-16(15(2)21-20-14)3-4-17(25)22-9-7-19(8-10-22)6-5-18(26)23(13-19)11-12-24/h24H,3-13H2,1-2H3,(H,20,21). The molecule has 0 unspecified atom stereocenters. The Bertz CT molecular complexity index is 642. The molecule has 2 fully saturated rings. The fraction of sp³-hybridized carbons (Fsp3) is 0.737. The highest BCUT2D eigenvalue weighted by molar-refractivity contribution is 5.78. The van der Waals surface area contributed by atoms with Crippen molar-refractivity contribution in [3.8, 4) is 0 Å². The molecule has 1 aromatic rings. The van der Waals surface area contributed by atoms with Gasteiger partial charge in [-0.2, -0.15) is 5.10 Å². The Labute approximate surface area is 154 Å². The van der Waals surface area contributed by atoms with Crippen LogP contribution in [-0.4, -0.2) is 69.7 Å². The van der Waals surface area contributed by atoms with Gasteiger partial charge in [-0.3, -0.25) is 14.7 Å². The van der Waals surface area contributed by atoms with E-state index in [9.17, 15) is 9.59 Å². The summed E-state index contributed by atoms with van der Waals surface area (Å²) >= 11 is 0. The summed E-state index contributed by atoms with van der Waals surface area (Å²) in [7, 11) is 0.